The van der Waals surface area contributed by atoms with Gasteiger partial charge in [-0.15, -0.1) is 0 Å². The third-order valence-electron chi connectivity index (χ3n) is 3.20. The lowest BCUT2D eigenvalue weighted by Crippen LogP contribution is -2.36. The number of nitrogens with two attached hydrogens (primary N) is 1. The summed E-state index contributed by atoms with van der Waals surface area (Å²) in [5.74, 6) is 1.10. The molecule has 3 N–H and O–H groups in total. The van der Waals surface area contributed by atoms with Crippen LogP contribution in [0, 0.1) is 0 Å². The molecule has 0 spiro atoms. The molecule has 0 aliphatic carbocycles. The molecule has 1 unspecified atom stereocenters. The molecule has 4 nitrogen and oxygen atoms in total. The largest absolute Gasteiger partial charge is 0.398 e. The van der Waals surface area contributed by atoms with Gasteiger partial charge < -0.3 is 5.73 Å². The Labute approximate surface area is 126 Å². The van der Waals surface area contributed by atoms with Crippen molar-refractivity contribution >= 4 is 43.4 Å². The zero-order chi connectivity index (χ0) is 14.1. The van der Waals surface area contributed by atoms with Gasteiger partial charge in [0.2, 0.25) is 10.0 Å². The van der Waals surface area contributed by atoms with Crippen molar-refractivity contribution in [3.05, 3.63) is 22.7 Å². The predicted octanol–water partition coefficient (Wildman–Crippen LogP) is 2.60. The first kappa shape index (κ1) is 15.2. The molecule has 0 aromatic heterocycles. The SMILES string of the molecule is CC1(CNS(=O)(=O)c2ccc(Br)cc2N)CCCS1. The lowest BCUT2D eigenvalue weighted by atomic mass is 10.1. The van der Waals surface area contributed by atoms with E-state index in [-0.39, 0.29) is 15.3 Å². The van der Waals surface area contributed by atoms with Crippen molar-refractivity contribution in [1.29, 1.82) is 0 Å². The Hall–Kier alpha value is -0.240. The van der Waals surface area contributed by atoms with Crippen LogP contribution in [-0.4, -0.2) is 25.5 Å². The summed E-state index contributed by atoms with van der Waals surface area (Å²) < 4.78 is 27.9. The van der Waals surface area contributed by atoms with Crippen molar-refractivity contribution in [2.75, 3.05) is 18.0 Å². The van der Waals surface area contributed by atoms with Gasteiger partial charge >= 0.3 is 0 Å². The second-order valence-corrected chi connectivity index (χ2v) is 9.24. The molecule has 0 radical (unpaired) electrons. The number of hydrogen-bond acceptors (Lipinski definition) is 4. The zero-order valence-electron chi connectivity index (χ0n) is 10.6. The van der Waals surface area contributed by atoms with E-state index in [9.17, 15) is 8.42 Å². The van der Waals surface area contributed by atoms with Crippen LogP contribution in [0.4, 0.5) is 5.69 Å². The summed E-state index contributed by atoms with van der Waals surface area (Å²) in [4.78, 5) is 0.141. The molecule has 1 saturated heterocycles. The number of anilines is 1. The average molecular weight is 365 g/mol. The summed E-state index contributed by atoms with van der Waals surface area (Å²) in [7, 11) is -3.54. The smallest absolute Gasteiger partial charge is 0.242 e. The molecule has 0 bridgehead atoms. The van der Waals surface area contributed by atoms with Gasteiger partial charge in [-0.05, 0) is 43.7 Å². The number of rotatable bonds is 4. The molecule has 1 heterocycles. The number of benzene rings is 1. The molecule has 1 aromatic rings. The zero-order valence-corrected chi connectivity index (χ0v) is 13.9. The van der Waals surface area contributed by atoms with Crippen molar-refractivity contribution in [2.45, 2.75) is 29.4 Å². The highest BCUT2D eigenvalue weighted by Gasteiger charge is 2.31. The third-order valence-corrected chi connectivity index (χ3v) is 6.70. The van der Waals surface area contributed by atoms with Crippen LogP contribution < -0.4 is 10.5 Å². The maximum atomic E-state index is 12.2. The van der Waals surface area contributed by atoms with Gasteiger partial charge in [-0.3, -0.25) is 0 Å². The van der Waals surface area contributed by atoms with E-state index in [1.807, 2.05) is 11.8 Å². The minimum atomic E-state index is -3.54. The van der Waals surface area contributed by atoms with E-state index >= 15 is 0 Å². The molecule has 7 heteroatoms. The second kappa shape index (κ2) is 5.63. The van der Waals surface area contributed by atoms with Gasteiger partial charge in [-0.1, -0.05) is 15.9 Å². The van der Waals surface area contributed by atoms with Crippen LogP contribution in [0.25, 0.3) is 0 Å². The number of sulfonamides is 1. The van der Waals surface area contributed by atoms with Crippen molar-refractivity contribution in [3.63, 3.8) is 0 Å². The maximum absolute atomic E-state index is 12.2. The highest BCUT2D eigenvalue weighted by molar-refractivity contribution is 9.10. The minimum Gasteiger partial charge on any atom is -0.398 e. The highest BCUT2D eigenvalue weighted by Crippen LogP contribution is 2.37. The summed E-state index contributed by atoms with van der Waals surface area (Å²) in [6.07, 6.45) is 2.18. The Kier molecular flexibility index (Phi) is 4.49. The average Bonchev–Trinajstić information content (AvgIpc) is 2.74. The van der Waals surface area contributed by atoms with E-state index in [0.29, 0.717) is 6.54 Å². The Morgan fingerprint density at radius 2 is 2.26 bits per heavy atom. The molecule has 1 aliphatic heterocycles. The molecule has 1 atom stereocenters. The first-order valence-electron chi connectivity index (χ1n) is 6.01. The van der Waals surface area contributed by atoms with Crippen molar-refractivity contribution < 1.29 is 8.42 Å². The van der Waals surface area contributed by atoms with Crippen LogP contribution in [0.15, 0.2) is 27.6 Å². The van der Waals surface area contributed by atoms with E-state index < -0.39 is 10.0 Å². The van der Waals surface area contributed by atoms with E-state index in [0.717, 1.165) is 23.1 Å². The van der Waals surface area contributed by atoms with Crippen LogP contribution in [0.2, 0.25) is 0 Å². The minimum absolute atomic E-state index is 0.00278. The number of thioether (sulfide) groups is 1. The first-order valence-corrected chi connectivity index (χ1v) is 9.27. The number of nitrogens with one attached hydrogen (secondary N) is 1. The molecular weight excluding hydrogens is 348 g/mol. The Morgan fingerprint density at radius 3 is 2.84 bits per heavy atom. The molecule has 0 amide bonds. The summed E-state index contributed by atoms with van der Waals surface area (Å²) in [6, 6.07) is 4.80. The summed E-state index contributed by atoms with van der Waals surface area (Å²) in [6.45, 7) is 2.54. The quantitative estimate of drug-likeness (QED) is 0.805. The number of hydrogen-bond donors (Lipinski definition) is 2. The Morgan fingerprint density at radius 1 is 1.53 bits per heavy atom. The molecule has 1 aliphatic rings. The van der Waals surface area contributed by atoms with Crippen LogP contribution in [0.5, 0.6) is 0 Å². The fraction of sp³-hybridized carbons (Fsp3) is 0.500. The van der Waals surface area contributed by atoms with Crippen LogP contribution in [-0.2, 0) is 10.0 Å². The molecule has 2 rings (SSSR count). The van der Waals surface area contributed by atoms with Gasteiger partial charge in [0, 0.05) is 15.8 Å². The Balaban J connectivity index is 2.14. The highest BCUT2D eigenvalue weighted by atomic mass is 79.9. The van der Waals surface area contributed by atoms with Crippen molar-refractivity contribution in [2.24, 2.45) is 0 Å². The summed E-state index contributed by atoms with van der Waals surface area (Å²) >= 11 is 5.09. The van der Waals surface area contributed by atoms with Gasteiger partial charge in [0.1, 0.15) is 4.90 Å². The maximum Gasteiger partial charge on any atom is 0.242 e. The van der Waals surface area contributed by atoms with Crippen molar-refractivity contribution in [1.82, 2.24) is 4.72 Å². The van der Waals surface area contributed by atoms with E-state index in [1.165, 1.54) is 6.07 Å². The lowest BCUT2D eigenvalue weighted by molar-refractivity contribution is 0.553. The third kappa shape index (κ3) is 3.65. The van der Waals surface area contributed by atoms with Crippen molar-refractivity contribution in [3.8, 4) is 0 Å². The van der Waals surface area contributed by atoms with Crippen LogP contribution in [0.3, 0.4) is 0 Å². The topological polar surface area (TPSA) is 72.2 Å². The normalized spacial score (nSPS) is 23.7. The number of nitrogen functional groups attached to an aromatic ring is 1. The molecule has 106 valence electrons. The first-order chi connectivity index (χ1) is 8.82. The molecule has 0 saturated carbocycles. The molecule has 19 heavy (non-hydrogen) atoms. The monoisotopic (exact) mass is 364 g/mol. The van der Waals surface area contributed by atoms with Gasteiger partial charge in [0.05, 0.1) is 5.69 Å². The van der Waals surface area contributed by atoms with Crippen LogP contribution in [0.1, 0.15) is 19.8 Å². The second-order valence-electron chi connectivity index (χ2n) is 4.91. The van der Waals surface area contributed by atoms with E-state index in [2.05, 4.69) is 27.6 Å². The van der Waals surface area contributed by atoms with Gasteiger partial charge in [-0.2, -0.15) is 11.8 Å². The Bertz CT molecular complexity index is 569. The summed E-state index contributed by atoms with van der Waals surface area (Å²) in [5, 5.41) is 0. The fourth-order valence-electron chi connectivity index (χ4n) is 2.07. The fourth-order valence-corrected chi connectivity index (χ4v) is 5.06. The van der Waals surface area contributed by atoms with Gasteiger partial charge in [0.25, 0.3) is 0 Å². The van der Waals surface area contributed by atoms with Crippen LogP contribution >= 0.6 is 27.7 Å². The van der Waals surface area contributed by atoms with Gasteiger partial charge in [-0.25, -0.2) is 13.1 Å². The molecule has 1 fully saturated rings. The standard InChI is InChI=1S/C12H17BrN2O2S2/c1-12(5-2-6-18-12)8-15-19(16,17)11-4-3-9(13)7-10(11)14/h3-4,7,15H,2,5-6,8,14H2,1H3. The summed E-state index contributed by atoms with van der Waals surface area (Å²) in [5.41, 5.74) is 6.03. The van der Waals surface area contributed by atoms with Gasteiger partial charge in [0.15, 0.2) is 0 Å². The van der Waals surface area contributed by atoms with E-state index in [4.69, 9.17) is 5.73 Å². The number of halogens is 1. The lowest BCUT2D eigenvalue weighted by Gasteiger charge is -2.23. The molecule has 1 aromatic carbocycles. The predicted molar refractivity (Wildman–Crippen MR) is 83.8 cm³/mol. The van der Waals surface area contributed by atoms with E-state index in [1.54, 1.807) is 12.1 Å². The molecular formula is C12H17BrN2O2S2.